The molecule has 0 saturated heterocycles. The molecule has 0 bridgehead atoms. The van der Waals surface area contributed by atoms with E-state index in [2.05, 4.69) is 5.32 Å². The highest BCUT2D eigenvalue weighted by Crippen LogP contribution is 2.34. The minimum Gasteiger partial charge on any atom is -0.497 e. The molecule has 1 aliphatic heterocycles. The highest BCUT2D eigenvalue weighted by atomic mass is 32.2. The molecule has 0 radical (unpaired) electrons. The van der Waals surface area contributed by atoms with Gasteiger partial charge < -0.3 is 10.1 Å². The number of hydrogen-bond acceptors (Lipinski definition) is 6. The molecule has 1 aliphatic rings. The molecule has 0 saturated carbocycles. The number of carbonyl (C=O) groups excluding carboxylic acids is 1. The summed E-state index contributed by atoms with van der Waals surface area (Å²) in [6.07, 6.45) is 0.313. The fourth-order valence-corrected chi connectivity index (χ4v) is 5.78. The summed E-state index contributed by atoms with van der Waals surface area (Å²) in [5.41, 5.74) is 0.852. The van der Waals surface area contributed by atoms with Crippen molar-refractivity contribution in [2.45, 2.75) is 34.7 Å². The third kappa shape index (κ3) is 5.20. The van der Waals surface area contributed by atoms with Crippen LogP contribution in [0, 0.1) is 0 Å². The predicted molar refractivity (Wildman–Crippen MR) is 131 cm³/mol. The van der Waals surface area contributed by atoms with Crippen molar-refractivity contribution >= 4 is 29.4 Å². The van der Waals surface area contributed by atoms with Gasteiger partial charge in [0, 0.05) is 42.8 Å². The average molecular weight is 484 g/mol. The number of nitrogens with one attached hydrogen (secondary N) is 1. The molecule has 33 heavy (non-hydrogen) atoms. The second-order valence-corrected chi connectivity index (χ2v) is 9.98. The topological polar surface area (TPSA) is 82.3 Å². The lowest BCUT2D eigenvalue weighted by atomic mass is 10.1. The van der Waals surface area contributed by atoms with Crippen LogP contribution in [0.25, 0.3) is 0 Å². The number of nitrogens with zero attached hydrogens (tertiary/aromatic N) is 2. The molecule has 1 N–H and O–H groups in total. The lowest BCUT2D eigenvalue weighted by molar-refractivity contribution is -0.120. The van der Waals surface area contributed by atoms with E-state index in [0.29, 0.717) is 35.9 Å². The Morgan fingerprint density at radius 2 is 1.88 bits per heavy atom. The van der Waals surface area contributed by atoms with Gasteiger partial charge in [-0.1, -0.05) is 42.1 Å². The first-order valence-electron chi connectivity index (χ1n) is 10.6. The molecule has 1 unspecified atom stereocenters. The number of ether oxygens (including phenoxy) is 1. The number of thioether (sulfide) groups is 2. The number of hydrogen-bond donors (Lipinski definition) is 1. The van der Waals surface area contributed by atoms with Crippen LogP contribution in [0.4, 0.5) is 0 Å². The standard InChI is InChI=1S/C24H25N3O4S2/c1-26-23-19(22(29)27(24(26)30)12-13-32-18-6-4-3-5-7-18)14-20(33-23)21(28)25-15-16-8-10-17(31-2)11-9-16/h3-11,20H,12-15H2,1-2H3,(H,25,28). The van der Waals surface area contributed by atoms with Gasteiger partial charge in [-0.25, -0.2) is 4.79 Å². The van der Waals surface area contributed by atoms with Crippen LogP contribution in [0.15, 0.2) is 74.1 Å². The summed E-state index contributed by atoms with van der Waals surface area (Å²) in [4.78, 5) is 39.8. The summed E-state index contributed by atoms with van der Waals surface area (Å²) in [6.45, 7) is 0.702. The lowest BCUT2D eigenvalue weighted by Crippen LogP contribution is -2.41. The predicted octanol–water partition coefficient (Wildman–Crippen LogP) is 2.68. The zero-order chi connectivity index (χ0) is 23.4. The van der Waals surface area contributed by atoms with E-state index >= 15 is 0 Å². The largest absolute Gasteiger partial charge is 0.497 e. The maximum Gasteiger partial charge on any atom is 0.331 e. The van der Waals surface area contributed by atoms with Crippen molar-refractivity contribution in [3.8, 4) is 5.75 Å². The number of benzene rings is 2. The van der Waals surface area contributed by atoms with Crippen molar-refractivity contribution in [3.63, 3.8) is 0 Å². The van der Waals surface area contributed by atoms with Gasteiger partial charge in [0.25, 0.3) is 5.56 Å². The highest BCUT2D eigenvalue weighted by Gasteiger charge is 2.33. The molecule has 1 aromatic heterocycles. The molecule has 0 aliphatic carbocycles. The molecule has 172 valence electrons. The number of methoxy groups -OCH3 is 1. The van der Waals surface area contributed by atoms with Crippen LogP contribution in [0.2, 0.25) is 0 Å². The molecule has 1 atom stereocenters. The molecular formula is C24H25N3O4S2. The van der Waals surface area contributed by atoms with E-state index in [4.69, 9.17) is 4.74 Å². The molecule has 2 aromatic carbocycles. The lowest BCUT2D eigenvalue weighted by Gasteiger charge is -2.11. The number of fused-ring (bicyclic) bond motifs is 1. The quantitative estimate of drug-likeness (QED) is 0.392. The highest BCUT2D eigenvalue weighted by molar-refractivity contribution is 8.00. The molecule has 0 fully saturated rings. The Balaban J connectivity index is 1.42. The van der Waals surface area contributed by atoms with E-state index in [9.17, 15) is 14.4 Å². The van der Waals surface area contributed by atoms with Gasteiger partial charge in [0.1, 0.15) is 5.75 Å². The Bertz CT molecular complexity index is 1250. The van der Waals surface area contributed by atoms with Crippen LogP contribution < -0.4 is 21.3 Å². The smallest absolute Gasteiger partial charge is 0.331 e. The number of rotatable bonds is 8. The van der Waals surface area contributed by atoms with E-state index in [0.717, 1.165) is 16.2 Å². The number of aromatic nitrogens is 2. The summed E-state index contributed by atoms with van der Waals surface area (Å²) in [5.74, 6) is 1.22. The first-order chi connectivity index (χ1) is 16.0. The second kappa shape index (κ2) is 10.4. The van der Waals surface area contributed by atoms with E-state index < -0.39 is 5.25 Å². The van der Waals surface area contributed by atoms with Gasteiger partial charge in [0.15, 0.2) is 0 Å². The van der Waals surface area contributed by atoms with Gasteiger partial charge in [-0.2, -0.15) is 0 Å². The normalized spacial score (nSPS) is 14.7. The Labute approximate surface area is 200 Å². The van der Waals surface area contributed by atoms with Gasteiger partial charge in [-0.15, -0.1) is 11.8 Å². The van der Waals surface area contributed by atoms with Crippen molar-refractivity contribution in [1.29, 1.82) is 0 Å². The van der Waals surface area contributed by atoms with E-state index in [-0.39, 0.29) is 17.2 Å². The van der Waals surface area contributed by atoms with Crippen LogP contribution in [-0.2, 0) is 31.4 Å². The first-order valence-corrected chi connectivity index (χ1v) is 12.4. The molecule has 9 heteroatoms. The molecule has 7 nitrogen and oxygen atoms in total. The molecule has 1 amide bonds. The van der Waals surface area contributed by atoms with Crippen molar-refractivity contribution in [1.82, 2.24) is 14.5 Å². The van der Waals surface area contributed by atoms with Crippen molar-refractivity contribution < 1.29 is 9.53 Å². The second-order valence-electron chi connectivity index (χ2n) is 7.62. The fraction of sp³-hybridized carbons (Fsp3) is 0.292. The number of carbonyl (C=O) groups is 1. The summed E-state index contributed by atoms with van der Waals surface area (Å²) >= 11 is 2.88. The fourth-order valence-electron chi connectivity index (χ4n) is 3.66. The monoisotopic (exact) mass is 483 g/mol. The van der Waals surface area contributed by atoms with Crippen LogP contribution in [0.5, 0.6) is 5.75 Å². The van der Waals surface area contributed by atoms with Crippen LogP contribution in [0.1, 0.15) is 11.1 Å². The molecule has 3 aromatic rings. The Kier molecular flexibility index (Phi) is 7.29. The van der Waals surface area contributed by atoms with Gasteiger partial charge in [-0.3, -0.25) is 18.7 Å². The number of amides is 1. The average Bonchev–Trinajstić information content (AvgIpc) is 3.30. The summed E-state index contributed by atoms with van der Waals surface area (Å²) < 4.78 is 7.93. The van der Waals surface area contributed by atoms with Gasteiger partial charge >= 0.3 is 5.69 Å². The summed E-state index contributed by atoms with van der Waals surface area (Å²) in [7, 11) is 3.27. The van der Waals surface area contributed by atoms with Crippen molar-refractivity contribution in [3.05, 3.63) is 86.6 Å². The first kappa shape index (κ1) is 23.3. The summed E-state index contributed by atoms with van der Waals surface area (Å²) in [6, 6.07) is 17.3. The third-order valence-corrected chi connectivity index (χ3v) is 7.87. The molecule has 4 rings (SSSR count). The zero-order valence-electron chi connectivity index (χ0n) is 18.4. The van der Waals surface area contributed by atoms with E-state index in [1.807, 2.05) is 54.6 Å². The van der Waals surface area contributed by atoms with Crippen molar-refractivity contribution in [2.24, 2.45) is 7.05 Å². The van der Waals surface area contributed by atoms with Crippen LogP contribution >= 0.6 is 23.5 Å². The van der Waals surface area contributed by atoms with Gasteiger partial charge in [-0.05, 0) is 29.8 Å². The minimum absolute atomic E-state index is 0.148. The Morgan fingerprint density at radius 3 is 2.58 bits per heavy atom. The van der Waals surface area contributed by atoms with Crippen LogP contribution in [0.3, 0.4) is 0 Å². The molecular weight excluding hydrogens is 458 g/mol. The summed E-state index contributed by atoms with van der Waals surface area (Å²) in [5, 5.41) is 3.08. The maximum absolute atomic E-state index is 13.1. The minimum atomic E-state index is -0.439. The molecule has 2 heterocycles. The Morgan fingerprint density at radius 1 is 1.15 bits per heavy atom. The third-order valence-electron chi connectivity index (χ3n) is 5.47. The van der Waals surface area contributed by atoms with Gasteiger partial charge in [0.2, 0.25) is 5.91 Å². The van der Waals surface area contributed by atoms with Crippen molar-refractivity contribution in [2.75, 3.05) is 12.9 Å². The Hall–Kier alpha value is -2.91. The van der Waals surface area contributed by atoms with E-state index in [1.165, 1.54) is 20.9 Å². The zero-order valence-corrected chi connectivity index (χ0v) is 20.1. The van der Waals surface area contributed by atoms with Crippen LogP contribution in [-0.4, -0.2) is 33.2 Å². The van der Waals surface area contributed by atoms with Gasteiger partial charge in [0.05, 0.1) is 17.4 Å². The van der Waals surface area contributed by atoms with E-state index in [1.54, 1.807) is 25.9 Å². The maximum atomic E-state index is 13.1. The SMILES string of the molecule is COc1ccc(CNC(=O)C2Cc3c(n(C)c(=O)n(CCSc4ccccc4)c3=O)S2)cc1. The molecule has 0 spiro atoms.